The van der Waals surface area contributed by atoms with Gasteiger partial charge in [-0.2, -0.15) is 0 Å². The summed E-state index contributed by atoms with van der Waals surface area (Å²) in [6.07, 6.45) is 0.0852. The fourth-order valence-corrected chi connectivity index (χ4v) is 1.21. The molecule has 100 valence electrons. The summed E-state index contributed by atoms with van der Waals surface area (Å²) in [7, 11) is 1.22. The number of carbonyl (C=O) groups excluding carboxylic acids is 2. The number of carbonyl (C=O) groups is 2. The number of halogens is 2. The van der Waals surface area contributed by atoms with Gasteiger partial charge in [-0.25, -0.2) is 9.18 Å². The number of esters is 1. The lowest BCUT2D eigenvalue weighted by Crippen LogP contribution is -2.17. The van der Waals surface area contributed by atoms with Crippen molar-refractivity contribution in [2.75, 3.05) is 19.0 Å². The first-order valence-corrected chi connectivity index (χ1v) is 4.96. The van der Waals surface area contributed by atoms with E-state index in [-0.39, 0.29) is 36.6 Å². The van der Waals surface area contributed by atoms with Gasteiger partial charge in [-0.3, -0.25) is 4.79 Å². The van der Waals surface area contributed by atoms with E-state index in [4.69, 9.17) is 5.73 Å². The van der Waals surface area contributed by atoms with Gasteiger partial charge in [0.15, 0.2) is 0 Å². The van der Waals surface area contributed by atoms with Gasteiger partial charge in [0, 0.05) is 13.0 Å². The van der Waals surface area contributed by atoms with Crippen LogP contribution in [-0.2, 0) is 9.53 Å². The molecule has 0 heterocycles. The highest BCUT2D eigenvalue weighted by molar-refractivity contribution is 5.94. The van der Waals surface area contributed by atoms with E-state index in [9.17, 15) is 14.0 Å². The van der Waals surface area contributed by atoms with Crippen molar-refractivity contribution in [3.8, 4) is 0 Å². The van der Waals surface area contributed by atoms with Crippen LogP contribution >= 0.6 is 12.4 Å². The average Bonchev–Trinajstić information content (AvgIpc) is 2.31. The van der Waals surface area contributed by atoms with Gasteiger partial charge in [0.25, 0.3) is 0 Å². The van der Waals surface area contributed by atoms with Crippen molar-refractivity contribution in [3.05, 3.63) is 29.6 Å². The smallest absolute Gasteiger partial charge is 0.337 e. The number of nitrogens with one attached hydrogen (secondary N) is 1. The molecule has 0 radical (unpaired) electrons. The number of methoxy groups -OCH3 is 1. The Kier molecular flexibility index (Phi) is 6.92. The summed E-state index contributed by atoms with van der Waals surface area (Å²) >= 11 is 0. The molecule has 0 unspecified atom stereocenters. The predicted molar refractivity (Wildman–Crippen MR) is 67.3 cm³/mol. The third kappa shape index (κ3) is 4.31. The van der Waals surface area contributed by atoms with Crippen LogP contribution in [0.1, 0.15) is 16.8 Å². The first kappa shape index (κ1) is 16.3. The quantitative estimate of drug-likeness (QED) is 0.813. The van der Waals surface area contributed by atoms with Crippen molar-refractivity contribution >= 4 is 30.0 Å². The molecule has 0 aliphatic carbocycles. The summed E-state index contributed by atoms with van der Waals surface area (Å²) in [6, 6.07) is 3.58. The molecule has 1 amide bonds. The molecule has 5 nitrogen and oxygen atoms in total. The number of hydrogen-bond acceptors (Lipinski definition) is 4. The number of hydrogen-bond donors (Lipinski definition) is 2. The largest absolute Gasteiger partial charge is 0.465 e. The zero-order valence-electron chi connectivity index (χ0n) is 9.73. The molecule has 0 aliphatic heterocycles. The van der Waals surface area contributed by atoms with E-state index in [1.807, 2.05) is 0 Å². The first-order chi connectivity index (χ1) is 8.08. The van der Waals surface area contributed by atoms with Crippen molar-refractivity contribution < 1.29 is 18.7 Å². The minimum absolute atomic E-state index is 0. The molecular weight excluding hydrogens is 263 g/mol. The van der Waals surface area contributed by atoms with E-state index in [0.717, 1.165) is 6.07 Å². The summed E-state index contributed by atoms with van der Waals surface area (Å²) < 4.78 is 17.8. The normalized spacial score (nSPS) is 9.28. The maximum atomic E-state index is 13.3. The monoisotopic (exact) mass is 276 g/mol. The van der Waals surface area contributed by atoms with Gasteiger partial charge in [0.1, 0.15) is 5.82 Å². The van der Waals surface area contributed by atoms with Crippen molar-refractivity contribution in [1.82, 2.24) is 0 Å². The molecule has 7 heteroatoms. The molecule has 0 bridgehead atoms. The third-order valence-corrected chi connectivity index (χ3v) is 2.03. The molecule has 0 atom stereocenters. The summed E-state index contributed by atoms with van der Waals surface area (Å²) in [6.45, 7) is 0.171. The fourth-order valence-electron chi connectivity index (χ4n) is 1.21. The van der Waals surface area contributed by atoms with Crippen LogP contribution in [-0.4, -0.2) is 25.5 Å². The molecule has 0 saturated carbocycles. The van der Waals surface area contributed by atoms with Gasteiger partial charge in [0.05, 0.1) is 18.4 Å². The van der Waals surface area contributed by atoms with Crippen LogP contribution in [0.25, 0.3) is 0 Å². The lowest BCUT2D eigenvalue weighted by atomic mass is 10.2. The molecule has 1 aromatic carbocycles. The molecule has 0 saturated heterocycles. The number of nitrogens with two attached hydrogens (primary N) is 1. The van der Waals surface area contributed by atoms with E-state index in [1.165, 1.54) is 19.2 Å². The Hall–Kier alpha value is -1.66. The Labute approximate surface area is 110 Å². The van der Waals surface area contributed by atoms with E-state index in [1.54, 1.807) is 0 Å². The van der Waals surface area contributed by atoms with Crippen LogP contribution < -0.4 is 11.1 Å². The lowest BCUT2D eigenvalue weighted by molar-refractivity contribution is -0.116. The zero-order valence-corrected chi connectivity index (χ0v) is 10.6. The van der Waals surface area contributed by atoms with Crippen LogP contribution in [0.5, 0.6) is 0 Å². The Bertz CT molecular complexity index is 440. The Balaban J connectivity index is 0.00000289. The van der Waals surface area contributed by atoms with Gasteiger partial charge < -0.3 is 15.8 Å². The molecule has 1 rings (SSSR count). The molecule has 0 aromatic heterocycles. The van der Waals surface area contributed by atoms with Crippen LogP contribution in [0, 0.1) is 5.82 Å². The highest BCUT2D eigenvalue weighted by Crippen LogP contribution is 2.17. The maximum Gasteiger partial charge on any atom is 0.337 e. The van der Waals surface area contributed by atoms with Crippen LogP contribution in [0.3, 0.4) is 0 Å². The van der Waals surface area contributed by atoms with Gasteiger partial charge in [-0.1, -0.05) is 0 Å². The van der Waals surface area contributed by atoms with E-state index < -0.39 is 17.7 Å². The molecule has 0 spiro atoms. The van der Waals surface area contributed by atoms with Crippen molar-refractivity contribution in [3.63, 3.8) is 0 Å². The van der Waals surface area contributed by atoms with Crippen LogP contribution in [0.4, 0.5) is 10.1 Å². The highest BCUT2D eigenvalue weighted by atomic mass is 35.5. The van der Waals surface area contributed by atoms with E-state index in [0.29, 0.717) is 0 Å². The van der Waals surface area contributed by atoms with Gasteiger partial charge in [-0.15, -0.1) is 12.4 Å². The molecule has 3 N–H and O–H groups in total. The average molecular weight is 277 g/mol. The van der Waals surface area contributed by atoms with E-state index >= 15 is 0 Å². The van der Waals surface area contributed by atoms with Crippen molar-refractivity contribution in [2.45, 2.75) is 6.42 Å². The number of benzene rings is 1. The number of anilines is 1. The van der Waals surface area contributed by atoms with Gasteiger partial charge in [0.2, 0.25) is 5.91 Å². The van der Waals surface area contributed by atoms with Gasteiger partial charge in [-0.05, 0) is 18.2 Å². The summed E-state index contributed by atoms with van der Waals surface area (Å²) in [5.41, 5.74) is 5.29. The van der Waals surface area contributed by atoms with E-state index in [2.05, 4.69) is 10.1 Å². The Morgan fingerprint density at radius 1 is 1.44 bits per heavy atom. The SMILES string of the molecule is COC(=O)c1ccc(F)c(NC(=O)CCN)c1.Cl. The second kappa shape index (κ2) is 7.62. The van der Waals surface area contributed by atoms with Gasteiger partial charge >= 0.3 is 5.97 Å². The summed E-state index contributed by atoms with van der Waals surface area (Å²) in [4.78, 5) is 22.5. The lowest BCUT2D eigenvalue weighted by Gasteiger charge is -2.07. The fraction of sp³-hybridized carbons (Fsp3) is 0.273. The molecule has 0 aliphatic rings. The second-order valence-corrected chi connectivity index (χ2v) is 3.27. The van der Waals surface area contributed by atoms with Crippen molar-refractivity contribution in [1.29, 1.82) is 0 Å². The third-order valence-electron chi connectivity index (χ3n) is 2.03. The molecule has 1 aromatic rings. The topological polar surface area (TPSA) is 81.4 Å². The van der Waals surface area contributed by atoms with Crippen molar-refractivity contribution in [2.24, 2.45) is 5.73 Å². The Morgan fingerprint density at radius 2 is 2.11 bits per heavy atom. The first-order valence-electron chi connectivity index (χ1n) is 4.96. The molecular formula is C11H14ClFN2O3. The second-order valence-electron chi connectivity index (χ2n) is 3.27. The summed E-state index contributed by atoms with van der Waals surface area (Å²) in [5.74, 6) is -1.63. The van der Waals surface area contributed by atoms with Crippen LogP contribution in [0.2, 0.25) is 0 Å². The van der Waals surface area contributed by atoms with Crippen LogP contribution in [0.15, 0.2) is 18.2 Å². The highest BCUT2D eigenvalue weighted by Gasteiger charge is 2.11. The summed E-state index contributed by atoms with van der Waals surface area (Å²) in [5, 5.41) is 2.33. The predicted octanol–water partition coefficient (Wildman–Crippen LogP) is 1.32. The Morgan fingerprint density at radius 3 is 2.67 bits per heavy atom. The number of rotatable bonds is 4. The molecule has 18 heavy (non-hydrogen) atoms. The molecule has 0 fully saturated rings. The number of amides is 1. The minimum Gasteiger partial charge on any atom is -0.465 e. The number of ether oxygens (including phenoxy) is 1. The zero-order chi connectivity index (χ0) is 12.8. The maximum absolute atomic E-state index is 13.3. The standard InChI is InChI=1S/C11H13FN2O3.ClH/c1-17-11(16)7-2-3-8(12)9(6-7)14-10(15)4-5-13;/h2-3,6H,4-5,13H2,1H3,(H,14,15);1H. The minimum atomic E-state index is -0.622.